The van der Waals surface area contributed by atoms with Crippen LogP contribution in [0.15, 0.2) is 47.4 Å². The van der Waals surface area contributed by atoms with Crippen molar-refractivity contribution in [3.63, 3.8) is 0 Å². The summed E-state index contributed by atoms with van der Waals surface area (Å²) >= 11 is 1.82. The molecule has 1 N–H and O–H groups in total. The first kappa shape index (κ1) is 13.1. The van der Waals surface area contributed by atoms with Crippen LogP contribution in [-0.2, 0) is 0 Å². The van der Waals surface area contributed by atoms with Crippen LogP contribution < -0.4 is 0 Å². The fourth-order valence-electron chi connectivity index (χ4n) is 1.76. The molecule has 1 heterocycles. The number of aromatic nitrogens is 1. The van der Waals surface area contributed by atoms with Crippen molar-refractivity contribution < 1.29 is 5.11 Å². The second-order valence-corrected chi connectivity index (χ2v) is 5.42. The van der Waals surface area contributed by atoms with Crippen LogP contribution in [0.4, 0.5) is 0 Å². The normalized spacial score (nSPS) is 12.4. The Labute approximate surface area is 112 Å². The molecule has 0 unspecified atom stereocenters. The Morgan fingerprint density at radius 3 is 2.72 bits per heavy atom. The zero-order valence-corrected chi connectivity index (χ0v) is 11.4. The summed E-state index contributed by atoms with van der Waals surface area (Å²) in [6, 6.07) is 14.1. The monoisotopic (exact) mass is 259 g/mol. The zero-order valence-electron chi connectivity index (χ0n) is 10.6. The fraction of sp³-hybridized carbons (Fsp3) is 0.267. The Morgan fingerprint density at radius 2 is 2.00 bits per heavy atom. The maximum atomic E-state index is 9.57. The molecule has 3 heteroatoms. The van der Waals surface area contributed by atoms with Gasteiger partial charge in [-0.2, -0.15) is 0 Å². The Hall–Kier alpha value is -1.32. The Kier molecular flexibility index (Phi) is 4.39. The van der Waals surface area contributed by atoms with Crippen molar-refractivity contribution in [1.82, 2.24) is 4.98 Å². The van der Waals surface area contributed by atoms with Crippen LogP contribution in [0.25, 0.3) is 11.3 Å². The zero-order chi connectivity index (χ0) is 13.0. The largest absolute Gasteiger partial charge is 0.387 e. The lowest BCUT2D eigenvalue weighted by molar-refractivity contribution is 0.194. The summed E-state index contributed by atoms with van der Waals surface area (Å²) in [5.41, 5.74) is 2.71. The van der Waals surface area contributed by atoms with E-state index in [0.717, 1.165) is 17.0 Å². The predicted molar refractivity (Wildman–Crippen MR) is 76.7 cm³/mol. The average Bonchev–Trinajstić information content (AvgIpc) is 2.39. The van der Waals surface area contributed by atoms with Crippen LogP contribution in [0.5, 0.6) is 0 Å². The number of hydrogen-bond acceptors (Lipinski definition) is 3. The standard InChI is InChI=1S/C15H17NOS/c1-3-18-13-7-4-6-12(10-13)15-9-5-8-14(16-15)11(2)17/h4-11,17H,3H2,1-2H3/t11-/m0/s1. The quantitative estimate of drug-likeness (QED) is 0.845. The van der Waals surface area contributed by atoms with Crippen molar-refractivity contribution >= 4 is 11.8 Å². The van der Waals surface area contributed by atoms with E-state index in [2.05, 4.69) is 24.0 Å². The summed E-state index contributed by atoms with van der Waals surface area (Å²) in [6.07, 6.45) is -0.529. The van der Waals surface area contributed by atoms with Gasteiger partial charge in [0.2, 0.25) is 0 Å². The van der Waals surface area contributed by atoms with Gasteiger partial charge in [0.15, 0.2) is 0 Å². The van der Waals surface area contributed by atoms with Gasteiger partial charge < -0.3 is 5.11 Å². The minimum Gasteiger partial charge on any atom is -0.387 e. The molecular formula is C15H17NOS. The second-order valence-electron chi connectivity index (χ2n) is 4.08. The molecule has 0 amide bonds. The van der Waals surface area contributed by atoms with Gasteiger partial charge in [0.1, 0.15) is 0 Å². The molecule has 2 aromatic rings. The SMILES string of the molecule is CCSc1cccc(-c2cccc([C@H](C)O)n2)c1. The van der Waals surface area contributed by atoms with Crippen molar-refractivity contribution in [3.05, 3.63) is 48.2 Å². The first-order valence-electron chi connectivity index (χ1n) is 6.09. The van der Waals surface area contributed by atoms with Gasteiger partial charge in [0.25, 0.3) is 0 Å². The third-order valence-electron chi connectivity index (χ3n) is 2.64. The second kappa shape index (κ2) is 6.03. The minimum absolute atomic E-state index is 0.529. The molecule has 1 aromatic heterocycles. The maximum absolute atomic E-state index is 9.57. The molecule has 1 atom stereocenters. The van der Waals surface area contributed by atoms with E-state index in [9.17, 15) is 5.11 Å². The van der Waals surface area contributed by atoms with Crippen molar-refractivity contribution in [1.29, 1.82) is 0 Å². The molecule has 94 valence electrons. The van der Waals surface area contributed by atoms with E-state index in [1.54, 1.807) is 6.92 Å². The Morgan fingerprint density at radius 1 is 1.22 bits per heavy atom. The molecule has 0 radical (unpaired) electrons. The molecule has 2 nitrogen and oxygen atoms in total. The van der Waals surface area contributed by atoms with Crippen LogP contribution in [-0.4, -0.2) is 15.8 Å². The van der Waals surface area contributed by atoms with Gasteiger partial charge >= 0.3 is 0 Å². The van der Waals surface area contributed by atoms with E-state index in [-0.39, 0.29) is 0 Å². The molecule has 0 spiro atoms. The average molecular weight is 259 g/mol. The summed E-state index contributed by atoms with van der Waals surface area (Å²) in [7, 11) is 0. The van der Waals surface area contributed by atoms with Crippen molar-refractivity contribution in [2.75, 3.05) is 5.75 Å². The van der Waals surface area contributed by atoms with E-state index < -0.39 is 6.10 Å². The molecule has 0 aliphatic heterocycles. The highest BCUT2D eigenvalue weighted by Crippen LogP contribution is 2.25. The minimum atomic E-state index is -0.529. The van der Waals surface area contributed by atoms with E-state index in [1.165, 1.54) is 4.90 Å². The van der Waals surface area contributed by atoms with Crippen molar-refractivity contribution in [2.45, 2.75) is 24.8 Å². The van der Waals surface area contributed by atoms with E-state index >= 15 is 0 Å². The number of rotatable bonds is 4. The van der Waals surface area contributed by atoms with Crippen molar-refractivity contribution in [2.24, 2.45) is 0 Å². The van der Waals surface area contributed by atoms with Crippen LogP contribution in [0.3, 0.4) is 0 Å². The Balaban J connectivity index is 2.35. The topological polar surface area (TPSA) is 33.1 Å². The first-order chi connectivity index (χ1) is 8.70. The molecular weight excluding hydrogens is 242 g/mol. The summed E-state index contributed by atoms with van der Waals surface area (Å²) < 4.78 is 0. The number of hydrogen-bond donors (Lipinski definition) is 1. The molecule has 0 aliphatic rings. The third-order valence-corrected chi connectivity index (χ3v) is 3.52. The highest BCUT2D eigenvalue weighted by molar-refractivity contribution is 7.99. The summed E-state index contributed by atoms with van der Waals surface area (Å²) in [4.78, 5) is 5.73. The molecule has 2 rings (SSSR count). The highest BCUT2D eigenvalue weighted by Gasteiger charge is 2.05. The van der Waals surface area contributed by atoms with Gasteiger partial charge in [0.05, 0.1) is 17.5 Å². The van der Waals surface area contributed by atoms with Gasteiger partial charge in [-0.25, -0.2) is 0 Å². The van der Waals surface area contributed by atoms with Crippen LogP contribution in [0.1, 0.15) is 25.6 Å². The van der Waals surface area contributed by atoms with Crippen LogP contribution >= 0.6 is 11.8 Å². The molecule has 0 saturated carbocycles. The number of benzene rings is 1. The first-order valence-corrected chi connectivity index (χ1v) is 7.07. The fourth-order valence-corrected chi connectivity index (χ4v) is 2.48. The summed E-state index contributed by atoms with van der Waals surface area (Å²) in [5, 5.41) is 9.57. The molecule has 18 heavy (non-hydrogen) atoms. The lowest BCUT2D eigenvalue weighted by atomic mass is 10.1. The third kappa shape index (κ3) is 3.12. The van der Waals surface area contributed by atoms with Gasteiger partial charge in [-0.15, -0.1) is 11.8 Å². The van der Waals surface area contributed by atoms with E-state index in [0.29, 0.717) is 5.69 Å². The van der Waals surface area contributed by atoms with E-state index in [4.69, 9.17) is 0 Å². The van der Waals surface area contributed by atoms with Gasteiger partial charge in [-0.3, -0.25) is 4.98 Å². The number of aliphatic hydroxyl groups excluding tert-OH is 1. The lowest BCUT2D eigenvalue weighted by Crippen LogP contribution is -1.96. The van der Waals surface area contributed by atoms with Crippen LogP contribution in [0, 0.1) is 0 Å². The summed E-state index contributed by atoms with van der Waals surface area (Å²) in [6.45, 7) is 3.87. The Bertz CT molecular complexity index is 525. The smallest absolute Gasteiger partial charge is 0.0932 e. The van der Waals surface area contributed by atoms with E-state index in [1.807, 2.05) is 42.1 Å². The van der Waals surface area contributed by atoms with Gasteiger partial charge in [-0.1, -0.05) is 25.1 Å². The number of aliphatic hydroxyl groups is 1. The molecule has 1 aromatic carbocycles. The van der Waals surface area contributed by atoms with Gasteiger partial charge in [0, 0.05) is 10.5 Å². The van der Waals surface area contributed by atoms with Crippen LogP contribution in [0.2, 0.25) is 0 Å². The number of thioether (sulfide) groups is 1. The number of pyridine rings is 1. The number of nitrogens with zero attached hydrogens (tertiary/aromatic N) is 1. The van der Waals surface area contributed by atoms with Gasteiger partial charge in [-0.05, 0) is 36.9 Å². The molecule has 0 bridgehead atoms. The molecule has 0 saturated heterocycles. The molecule has 0 aliphatic carbocycles. The molecule has 0 fully saturated rings. The van der Waals surface area contributed by atoms with Crippen molar-refractivity contribution in [3.8, 4) is 11.3 Å². The maximum Gasteiger partial charge on any atom is 0.0932 e. The lowest BCUT2D eigenvalue weighted by Gasteiger charge is -2.07. The highest BCUT2D eigenvalue weighted by atomic mass is 32.2. The summed E-state index contributed by atoms with van der Waals surface area (Å²) in [5.74, 6) is 1.06. The predicted octanol–water partition coefficient (Wildman–Crippen LogP) is 3.91.